The lowest BCUT2D eigenvalue weighted by Crippen LogP contribution is -2.43. The Morgan fingerprint density at radius 3 is 2.12 bits per heavy atom. The van der Waals surface area contributed by atoms with E-state index >= 15 is 0 Å². The van der Waals surface area contributed by atoms with Crippen molar-refractivity contribution in [2.45, 2.75) is 64.8 Å². The normalized spacial score (nSPS) is 51.7. The second-order valence-electron chi connectivity index (χ2n) is 7.59. The van der Waals surface area contributed by atoms with Gasteiger partial charge in [-0.25, -0.2) is 0 Å². The lowest BCUT2D eigenvalue weighted by Gasteiger charge is -2.39. The summed E-state index contributed by atoms with van der Waals surface area (Å²) in [7, 11) is 0. The molecule has 1 heteroatoms. The zero-order chi connectivity index (χ0) is 12.0. The Labute approximate surface area is 107 Å². The molecule has 98 valence electrons. The summed E-state index contributed by atoms with van der Waals surface area (Å²) in [5, 5.41) is 0. The SMILES string of the molecule is CC1CC(C)CC(C(N)C2CC3CCC2C3)C1. The number of rotatable bonds is 2. The van der Waals surface area contributed by atoms with Crippen molar-refractivity contribution >= 4 is 0 Å². The largest absolute Gasteiger partial charge is 0.327 e. The summed E-state index contributed by atoms with van der Waals surface area (Å²) in [6, 6.07) is 0.524. The number of hydrogen-bond acceptors (Lipinski definition) is 1. The van der Waals surface area contributed by atoms with Gasteiger partial charge in [0.25, 0.3) is 0 Å². The van der Waals surface area contributed by atoms with Gasteiger partial charge in [-0.05, 0) is 74.0 Å². The van der Waals surface area contributed by atoms with Crippen LogP contribution in [0.25, 0.3) is 0 Å². The molecule has 17 heavy (non-hydrogen) atoms. The second-order valence-corrected chi connectivity index (χ2v) is 7.59. The van der Waals surface area contributed by atoms with Crippen LogP contribution in [-0.4, -0.2) is 6.04 Å². The van der Waals surface area contributed by atoms with Crippen LogP contribution in [0, 0.1) is 35.5 Å². The summed E-state index contributed by atoms with van der Waals surface area (Å²) < 4.78 is 0. The molecule has 0 aromatic heterocycles. The maximum Gasteiger partial charge on any atom is 0.00985 e. The summed E-state index contributed by atoms with van der Waals surface area (Å²) in [4.78, 5) is 0. The predicted molar refractivity (Wildman–Crippen MR) is 72.6 cm³/mol. The average molecular weight is 235 g/mol. The van der Waals surface area contributed by atoms with Crippen LogP contribution in [0.2, 0.25) is 0 Å². The van der Waals surface area contributed by atoms with Crippen LogP contribution in [0.1, 0.15) is 58.8 Å². The summed E-state index contributed by atoms with van der Waals surface area (Å²) in [5.74, 6) is 5.59. The molecular weight excluding hydrogens is 206 g/mol. The van der Waals surface area contributed by atoms with Gasteiger partial charge >= 0.3 is 0 Å². The molecule has 3 rings (SSSR count). The molecule has 0 aromatic rings. The van der Waals surface area contributed by atoms with Gasteiger partial charge in [0.15, 0.2) is 0 Å². The third kappa shape index (κ3) is 2.28. The van der Waals surface area contributed by atoms with Crippen molar-refractivity contribution in [2.24, 2.45) is 41.2 Å². The van der Waals surface area contributed by atoms with Crippen molar-refractivity contribution in [3.8, 4) is 0 Å². The molecular formula is C16H29N. The highest BCUT2D eigenvalue weighted by molar-refractivity contribution is 4.97. The highest BCUT2D eigenvalue weighted by atomic mass is 14.7. The van der Waals surface area contributed by atoms with Gasteiger partial charge in [-0.2, -0.15) is 0 Å². The van der Waals surface area contributed by atoms with Gasteiger partial charge in [0.05, 0.1) is 0 Å². The molecule has 6 unspecified atom stereocenters. The van der Waals surface area contributed by atoms with Gasteiger partial charge in [0.1, 0.15) is 0 Å². The Hall–Kier alpha value is -0.0400. The molecule has 3 aliphatic rings. The van der Waals surface area contributed by atoms with E-state index in [1.54, 1.807) is 0 Å². The molecule has 0 heterocycles. The van der Waals surface area contributed by atoms with Crippen LogP contribution in [0.5, 0.6) is 0 Å². The summed E-state index contributed by atoms with van der Waals surface area (Å²) in [6.07, 6.45) is 10.2. The molecule has 3 aliphatic carbocycles. The van der Waals surface area contributed by atoms with Gasteiger partial charge in [0.2, 0.25) is 0 Å². The molecule has 2 N–H and O–H groups in total. The molecule has 0 spiro atoms. The Kier molecular flexibility index (Phi) is 3.23. The first-order chi connectivity index (χ1) is 8.13. The van der Waals surface area contributed by atoms with E-state index in [2.05, 4.69) is 13.8 Å². The zero-order valence-electron chi connectivity index (χ0n) is 11.6. The standard InChI is InChI=1S/C16H29N/c1-10-5-11(2)7-14(6-10)16(17)15-9-12-3-4-13(15)8-12/h10-16H,3-9,17H2,1-2H3. The Morgan fingerprint density at radius 2 is 1.59 bits per heavy atom. The molecule has 0 aromatic carbocycles. The number of nitrogens with two attached hydrogens (primary N) is 1. The predicted octanol–water partition coefficient (Wildman–Crippen LogP) is 3.82. The van der Waals surface area contributed by atoms with Crippen molar-refractivity contribution in [1.82, 2.24) is 0 Å². The van der Waals surface area contributed by atoms with E-state index in [0.29, 0.717) is 6.04 Å². The van der Waals surface area contributed by atoms with E-state index < -0.39 is 0 Å². The van der Waals surface area contributed by atoms with Crippen LogP contribution in [0.4, 0.5) is 0 Å². The molecule has 6 atom stereocenters. The van der Waals surface area contributed by atoms with E-state index in [4.69, 9.17) is 5.73 Å². The van der Waals surface area contributed by atoms with Crippen molar-refractivity contribution in [3.05, 3.63) is 0 Å². The van der Waals surface area contributed by atoms with E-state index in [1.807, 2.05) is 0 Å². The fraction of sp³-hybridized carbons (Fsp3) is 1.00. The minimum absolute atomic E-state index is 0.524. The fourth-order valence-corrected chi connectivity index (χ4v) is 5.44. The summed E-state index contributed by atoms with van der Waals surface area (Å²) in [5.41, 5.74) is 6.66. The average Bonchev–Trinajstić information content (AvgIpc) is 2.88. The first-order valence-corrected chi connectivity index (χ1v) is 7.89. The minimum Gasteiger partial charge on any atom is -0.327 e. The number of fused-ring (bicyclic) bond motifs is 2. The number of hydrogen-bond donors (Lipinski definition) is 1. The van der Waals surface area contributed by atoms with Crippen LogP contribution in [-0.2, 0) is 0 Å². The molecule has 0 aliphatic heterocycles. The molecule has 0 radical (unpaired) electrons. The van der Waals surface area contributed by atoms with Crippen molar-refractivity contribution in [2.75, 3.05) is 0 Å². The summed E-state index contributed by atoms with van der Waals surface area (Å²) >= 11 is 0. The molecule has 0 saturated heterocycles. The molecule has 3 saturated carbocycles. The van der Waals surface area contributed by atoms with Crippen LogP contribution >= 0.6 is 0 Å². The Morgan fingerprint density at radius 1 is 0.882 bits per heavy atom. The maximum atomic E-state index is 6.66. The van der Waals surface area contributed by atoms with Gasteiger partial charge < -0.3 is 5.73 Å². The molecule has 2 bridgehead atoms. The maximum absolute atomic E-state index is 6.66. The van der Waals surface area contributed by atoms with Crippen LogP contribution in [0.3, 0.4) is 0 Å². The molecule has 1 nitrogen and oxygen atoms in total. The van der Waals surface area contributed by atoms with Crippen molar-refractivity contribution in [3.63, 3.8) is 0 Å². The lowest BCUT2D eigenvalue weighted by atomic mass is 9.69. The quantitative estimate of drug-likeness (QED) is 0.773. The smallest absolute Gasteiger partial charge is 0.00985 e. The van der Waals surface area contributed by atoms with E-state index in [0.717, 1.165) is 35.5 Å². The highest BCUT2D eigenvalue weighted by Gasteiger charge is 2.44. The molecule has 0 amide bonds. The van der Waals surface area contributed by atoms with Gasteiger partial charge in [0, 0.05) is 6.04 Å². The monoisotopic (exact) mass is 235 g/mol. The topological polar surface area (TPSA) is 26.0 Å². The summed E-state index contributed by atoms with van der Waals surface area (Å²) in [6.45, 7) is 4.85. The zero-order valence-corrected chi connectivity index (χ0v) is 11.6. The highest BCUT2D eigenvalue weighted by Crippen LogP contribution is 2.51. The third-order valence-electron chi connectivity index (χ3n) is 6.05. The van der Waals surface area contributed by atoms with Gasteiger partial charge in [-0.15, -0.1) is 0 Å². The van der Waals surface area contributed by atoms with Crippen LogP contribution in [0.15, 0.2) is 0 Å². The first-order valence-electron chi connectivity index (χ1n) is 7.89. The Bertz CT molecular complexity index is 265. The molecule has 3 fully saturated rings. The second kappa shape index (κ2) is 4.57. The fourth-order valence-electron chi connectivity index (χ4n) is 5.44. The lowest BCUT2D eigenvalue weighted by molar-refractivity contribution is 0.140. The van der Waals surface area contributed by atoms with Gasteiger partial charge in [-0.1, -0.05) is 20.3 Å². The van der Waals surface area contributed by atoms with E-state index in [1.165, 1.54) is 44.9 Å². The first kappa shape index (κ1) is 12.0. The van der Waals surface area contributed by atoms with E-state index in [-0.39, 0.29) is 0 Å². The Balaban J connectivity index is 1.63. The van der Waals surface area contributed by atoms with E-state index in [9.17, 15) is 0 Å². The third-order valence-corrected chi connectivity index (χ3v) is 6.05. The minimum atomic E-state index is 0.524. The van der Waals surface area contributed by atoms with Crippen LogP contribution < -0.4 is 5.73 Å². The van der Waals surface area contributed by atoms with Crippen molar-refractivity contribution in [1.29, 1.82) is 0 Å². The van der Waals surface area contributed by atoms with Crippen molar-refractivity contribution < 1.29 is 0 Å². The van der Waals surface area contributed by atoms with Gasteiger partial charge in [-0.3, -0.25) is 0 Å².